The molecule has 0 aliphatic rings. The lowest BCUT2D eigenvalue weighted by atomic mass is 10.2. The van der Waals surface area contributed by atoms with Gasteiger partial charge in [-0.2, -0.15) is 0 Å². The van der Waals surface area contributed by atoms with E-state index in [1.807, 2.05) is 17.4 Å². The molecule has 0 fully saturated rings. The smallest absolute Gasteiger partial charge is 0.157 e. The molecule has 0 aliphatic carbocycles. The molecule has 0 spiro atoms. The summed E-state index contributed by atoms with van der Waals surface area (Å²) in [6.45, 7) is 1.18. The third-order valence-corrected chi connectivity index (χ3v) is 2.69. The van der Waals surface area contributed by atoms with Crippen molar-refractivity contribution in [2.24, 2.45) is 0 Å². The van der Waals surface area contributed by atoms with Gasteiger partial charge >= 0.3 is 0 Å². The SMILES string of the molecule is Fc1cccc(Cl)c1C[NH2+]Cc1ccco1. The van der Waals surface area contributed by atoms with Gasteiger partial charge in [0.2, 0.25) is 0 Å². The molecule has 2 nitrogen and oxygen atoms in total. The second kappa shape index (κ2) is 5.14. The Morgan fingerprint density at radius 2 is 2.06 bits per heavy atom. The van der Waals surface area contributed by atoms with E-state index in [-0.39, 0.29) is 5.82 Å². The topological polar surface area (TPSA) is 29.8 Å². The lowest BCUT2D eigenvalue weighted by Crippen LogP contribution is -2.80. The van der Waals surface area contributed by atoms with E-state index in [2.05, 4.69) is 0 Å². The van der Waals surface area contributed by atoms with Gasteiger partial charge in [0.15, 0.2) is 5.76 Å². The lowest BCUT2D eigenvalue weighted by Gasteiger charge is -2.03. The monoisotopic (exact) mass is 240 g/mol. The van der Waals surface area contributed by atoms with Crippen LogP contribution in [0.1, 0.15) is 11.3 Å². The Morgan fingerprint density at radius 3 is 2.75 bits per heavy atom. The van der Waals surface area contributed by atoms with Crippen LogP contribution >= 0.6 is 11.6 Å². The van der Waals surface area contributed by atoms with Crippen molar-refractivity contribution in [2.45, 2.75) is 13.1 Å². The first kappa shape index (κ1) is 11.2. The first-order valence-electron chi connectivity index (χ1n) is 5.04. The number of halogens is 2. The van der Waals surface area contributed by atoms with E-state index in [0.717, 1.165) is 5.76 Å². The van der Waals surface area contributed by atoms with Crippen molar-refractivity contribution in [1.82, 2.24) is 0 Å². The summed E-state index contributed by atoms with van der Waals surface area (Å²) < 4.78 is 18.6. The third kappa shape index (κ3) is 2.62. The van der Waals surface area contributed by atoms with Crippen molar-refractivity contribution >= 4 is 11.6 Å². The molecule has 2 aromatic rings. The van der Waals surface area contributed by atoms with Crippen LogP contribution in [0.2, 0.25) is 5.02 Å². The Labute approximate surface area is 98.0 Å². The van der Waals surface area contributed by atoms with Gasteiger partial charge in [-0.25, -0.2) is 4.39 Å². The molecule has 4 heteroatoms. The van der Waals surface area contributed by atoms with E-state index in [1.54, 1.807) is 18.4 Å². The highest BCUT2D eigenvalue weighted by atomic mass is 35.5. The van der Waals surface area contributed by atoms with Gasteiger partial charge < -0.3 is 9.73 Å². The minimum atomic E-state index is -0.261. The van der Waals surface area contributed by atoms with Crippen LogP contribution in [-0.2, 0) is 13.1 Å². The Morgan fingerprint density at radius 1 is 1.19 bits per heavy atom. The van der Waals surface area contributed by atoms with E-state index in [1.165, 1.54) is 6.07 Å². The van der Waals surface area contributed by atoms with Gasteiger partial charge in [-0.15, -0.1) is 0 Å². The summed E-state index contributed by atoms with van der Waals surface area (Å²) in [4.78, 5) is 0. The zero-order valence-corrected chi connectivity index (χ0v) is 9.38. The van der Waals surface area contributed by atoms with Crippen LogP contribution < -0.4 is 5.32 Å². The first-order valence-corrected chi connectivity index (χ1v) is 5.42. The van der Waals surface area contributed by atoms with Gasteiger partial charge in [0.1, 0.15) is 18.9 Å². The lowest BCUT2D eigenvalue weighted by molar-refractivity contribution is -0.688. The van der Waals surface area contributed by atoms with Gasteiger partial charge in [-0.05, 0) is 24.3 Å². The largest absolute Gasteiger partial charge is 0.463 e. The molecule has 2 rings (SSSR count). The number of benzene rings is 1. The van der Waals surface area contributed by atoms with Gasteiger partial charge in [0.05, 0.1) is 16.8 Å². The molecule has 0 unspecified atom stereocenters. The number of nitrogens with two attached hydrogens (primary N) is 1. The van der Waals surface area contributed by atoms with Crippen molar-refractivity contribution < 1.29 is 14.1 Å². The Kier molecular flexibility index (Phi) is 3.59. The molecule has 1 aromatic heterocycles. The molecule has 1 aromatic carbocycles. The molecule has 0 saturated carbocycles. The van der Waals surface area contributed by atoms with Gasteiger partial charge in [-0.3, -0.25) is 0 Å². The van der Waals surface area contributed by atoms with Crippen LogP contribution in [0, 0.1) is 5.82 Å². The van der Waals surface area contributed by atoms with Crippen LogP contribution in [0.4, 0.5) is 4.39 Å². The molecular formula is C12H12ClFNO+. The molecule has 2 N–H and O–H groups in total. The predicted molar refractivity (Wildman–Crippen MR) is 59.5 cm³/mol. The standard InChI is InChI=1S/C12H11ClFNO/c13-11-4-1-5-12(14)10(11)8-15-7-9-3-2-6-16-9/h1-6,15H,7-8H2/p+1. The molecule has 0 atom stereocenters. The van der Waals surface area contributed by atoms with Gasteiger partial charge in [-0.1, -0.05) is 17.7 Å². The molecule has 1 heterocycles. The Bertz CT molecular complexity index is 436. The number of furan rings is 1. The van der Waals surface area contributed by atoms with E-state index >= 15 is 0 Å². The van der Waals surface area contributed by atoms with Crippen molar-refractivity contribution in [1.29, 1.82) is 0 Å². The summed E-state index contributed by atoms with van der Waals surface area (Å²) in [5.41, 5.74) is 0.538. The summed E-state index contributed by atoms with van der Waals surface area (Å²) in [7, 11) is 0. The van der Waals surface area contributed by atoms with E-state index in [4.69, 9.17) is 16.0 Å². The average molecular weight is 241 g/mol. The molecule has 0 bridgehead atoms. The molecule has 0 radical (unpaired) electrons. The molecule has 84 valence electrons. The molecule has 0 saturated heterocycles. The number of quaternary nitrogens is 1. The zero-order valence-electron chi connectivity index (χ0n) is 8.62. The summed E-state index contributed by atoms with van der Waals surface area (Å²) in [6.07, 6.45) is 1.62. The number of hydrogen-bond donors (Lipinski definition) is 1. The molecule has 0 amide bonds. The highest BCUT2D eigenvalue weighted by molar-refractivity contribution is 6.31. The summed E-state index contributed by atoms with van der Waals surface area (Å²) in [6, 6.07) is 8.44. The van der Waals surface area contributed by atoms with E-state index < -0.39 is 0 Å². The highest BCUT2D eigenvalue weighted by Gasteiger charge is 2.08. The van der Waals surface area contributed by atoms with Crippen LogP contribution in [0.15, 0.2) is 41.0 Å². The predicted octanol–water partition coefficient (Wildman–Crippen LogP) is 2.34. The van der Waals surface area contributed by atoms with Crippen molar-refractivity contribution in [3.8, 4) is 0 Å². The molecule has 16 heavy (non-hydrogen) atoms. The second-order valence-corrected chi connectivity index (χ2v) is 3.88. The maximum atomic E-state index is 13.4. The van der Waals surface area contributed by atoms with Crippen molar-refractivity contribution in [3.63, 3.8) is 0 Å². The van der Waals surface area contributed by atoms with E-state index in [9.17, 15) is 4.39 Å². The number of hydrogen-bond acceptors (Lipinski definition) is 1. The van der Waals surface area contributed by atoms with Crippen molar-refractivity contribution in [3.05, 3.63) is 58.8 Å². The van der Waals surface area contributed by atoms with Crippen LogP contribution in [0.25, 0.3) is 0 Å². The normalized spacial score (nSPS) is 10.6. The number of rotatable bonds is 4. The average Bonchev–Trinajstić information content (AvgIpc) is 2.75. The molecule has 0 aliphatic heterocycles. The van der Waals surface area contributed by atoms with Crippen LogP contribution in [0.5, 0.6) is 0 Å². The Hall–Kier alpha value is -1.32. The zero-order chi connectivity index (χ0) is 11.4. The highest BCUT2D eigenvalue weighted by Crippen LogP contribution is 2.17. The van der Waals surface area contributed by atoms with Gasteiger partial charge in [0, 0.05) is 0 Å². The quantitative estimate of drug-likeness (QED) is 0.874. The maximum absolute atomic E-state index is 13.4. The van der Waals surface area contributed by atoms with Crippen LogP contribution in [0.3, 0.4) is 0 Å². The van der Waals surface area contributed by atoms with Crippen molar-refractivity contribution in [2.75, 3.05) is 0 Å². The second-order valence-electron chi connectivity index (χ2n) is 3.48. The fourth-order valence-corrected chi connectivity index (χ4v) is 1.75. The first-order chi connectivity index (χ1) is 7.77. The third-order valence-electron chi connectivity index (χ3n) is 2.34. The minimum absolute atomic E-state index is 0.261. The summed E-state index contributed by atoms with van der Waals surface area (Å²) in [5.74, 6) is 0.607. The molecular weight excluding hydrogens is 229 g/mol. The van der Waals surface area contributed by atoms with E-state index in [0.29, 0.717) is 23.7 Å². The van der Waals surface area contributed by atoms with Crippen LogP contribution in [-0.4, -0.2) is 0 Å². The summed E-state index contributed by atoms with van der Waals surface area (Å²) >= 11 is 5.91. The summed E-state index contributed by atoms with van der Waals surface area (Å²) in [5, 5.41) is 2.42. The fourth-order valence-electron chi connectivity index (χ4n) is 1.51. The maximum Gasteiger partial charge on any atom is 0.157 e. The fraction of sp³-hybridized carbons (Fsp3) is 0.167. The minimum Gasteiger partial charge on any atom is -0.463 e. The van der Waals surface area contributed by atoms with Gasteiger partial charge in [0.25, 0.3) is 0 Å². The Balaban J connectivity index is 1.95.